The molecule has 2 bridgehead atoms. The normalized spacial score (nSPS) is 29.3. The van der Waals surface area contributed by atoms with Crippen LogP contribution in [0.1, 0.15) is 60.3 Å². The molecule has 2 aliphatic carbocycles. The molecule has 4 atom stereocenters. The first-order valence-corrected chi connectivity index (χ1v) is 8.36. The molecule has 120 valence electrons. The van der Waals surface area contributed by atoms with Crippen LogP contribution in [0.25, 0.3) is 0 Å². The third-order valence-corrected chi connectivity index (χ3v) is 5.36. The van der Waals surface area contributed by atoms with Crippen LogP contribution in [-0.2, 0) is 9.59 Å². The van der Waals surface area contributed by atoms with Crippen LogP contribution < -0.4 is 5.32 Å². The van der Waals surface area contributed by atoms with Gasteiger partial charge in [0, 0.05) is 18.1 Å². The predicted molar refractivity (Wildman–Crippen MR) is 83.7 cm³/mol. The lowest BCUT2D eigenvalue weighted by atomic mass is 9.84. The third-order valence-electron chi connectivity index (χ3n) is 5.36. The molecule has 21 heavy (non-hydrogen) atoms. The largest absolute Gasteiger partial charge is 0.345 e. The van der Waals surface area contributed by atoms with Gasteiger partial charge in [0.15, 0.2) is 0 Å². The molecule has 4 nitrogen and oxygen atoms in total. The average molecular weight is 294 g/mol. The maximum absolute atomic E-state index is 12.3. The third kappa shape index (κ3) is 3.41. The van der Waals surface area contributed by atoms with E-state index in [0.717, 1.165) is 11.8 Å². The summed E-state index contributed by atoms with van der Waals surface area (Å²) < 4.78 is 0. The molecule has 4 unspecified atom stereocenters. The Labute approximate surface area is 128 Å². The van der Waals surface area contributed by atoms with E-state index < -0.39 is 11.8 Å². The molecule has 0 saturated heterocycles. The van der Waals surface area contributed by atoms with Gasteiger partial charge >= 0.3 is 11.8 Å². The van der Waals surface area contributed by atoms with Crippen molar-refractivity contribution in [2.75, 3.05) is 6.54 Å². The predicted octanol–water partition coefficient (Wildman–Crippen LogP) is 2.57. The Kier molecular flexibility index (Phi) is 4.64. The van der Waals surface area contributed by atoms with E-state index in [4.69, 9.17) is 0 Å². The van der Waals surface area contributed by atoms with Gasteiger partial charge in [-0.25, -0.2) is 0 Å². The molecule has 2 fully saturated rings. The summed E-state index contributed by atoms with van der Waals surface area (Å²) in [5.74, 6) is 1.33. The first-order valence-electron chi connectivity index (χ1n) is 8.36. The maximum Gasteiger partial charge on any atom is 0.312 e. The van der Waals surface area contributed by atoms with Crippen molar-refractivity contribution in [3.63, 3.8) is 0 Å². The first kappa shape index (κ1) is 16.3. The molecular weight excluding hydrogens is 264 g/mol. The van der Waals surface area contributed by atoms with Crippen molar-refractivity contribution in [1.82, 2.24) is 10.2 Å². The summed E-state index contributed by atoms with van der Waals surface area (Å²) in [5.41, 5.74) is -0.321. The maximum atomic E-state index is 12.3. The second-order valence-corrected chi connectivity index (χ2v) is 7.82. The Hall–Kier alpha value is -1.06. The lowest BCUT2D eigenvalue weighted by Gasteiger charge is -2.35. The van der Waals surface area contributed by atoms with Gasteiger partial charge in [-0.05, 0) is 71.6 Å². The van der Waals surface area contributed by atoms with E-state index in [1.54, 1.807) is 4.90 Å². The summed E-state index contributed by atoms with van der Waals surface area (Å²) in [6, 6.07) is 0.107. The monoisotopic (exact) mass is 294 g/mol. The van der Waals surface area contributed by atoms with Gasteiger partial charge in [0.1, 0.15) is 0 Å². The molecule has 0 aromatic carbocycles. The number of amides is 2. The molecule has 2 rings (SSSR count). The molecule has 0 aliphatic heterocycles. The van der Waals surface area contributed by atoms with E-state index in [9.17, 15) is 9.59 Å². The van der Waals surface area contributed by atoms with Gasteiger partial charge in [-0.1, -0.05) is 6.42 Å². The average Bonchev–Trinajstić information content (AvgIpc) is 2.99. The van der Waals surface area contributed by atoms with Crippen molar-refractivity contribution < 1.29 is 9.59 Å². The molecule has 0 radical (unpaired) electrons. The second kappa shape index (κ2) is 5.98. The fraction of sp³-hybridized carbons (Fsp3) is 0.882. The van der Waals surface area contributed by atoms with Crippen LogP contribution >= 0.6 is 0 Å². The fourth-order valence-corrected chi connectivity index (χ4v) is 4.33. The van der Waals surface area contributed by atoms with Crippen LogP contribution in [0.4, 0.5) is 0 Å². The molecule has 0 spiro atoms. The van der Waals surface area contributed by atoms with E-state index in [-0.39, 0.29) is 11.6 Å². The Morgan fingerprint density at radius 3 is 2.33 bits per heavy atom. The molecule has 0 aromatic rings. The summed E-state index contributed by atoms with van der Waals surface area (Å²) in [5, 5.41) is 2.96. The van der Waals surface area contributed by atoms with E-state index in [0.29, 0.717) is 12.5 Å². The van der Waals surface area contributed by atoms with Crippen LogP contribution in [0.15, 0.2) is 0 Å². The zero-order chi connectivity index (χ0) is 15.8. The standard InChI is InChI=1S/C17H30N2O2/c1-6-19(17(3,4)5)16(21)15(20)18-11(2)14-10-12-7-8-13(14)9-12/h11-14H,6-10H2,1-5H3,(H,18,20). The van der Waals surface area contributed by atoms with Gasteiger partial charge in [-0.15, -0.1) is 0 Å². The minimum atomic E-state index is -0.443. The number of nitrogens with one attached hydrogen (secondary N) is 1. The first-order chi connectivity index (χ1) is 9.74. The molecule has 2 aliphatic rings. The Morgan fingerprint density at radius 1 is 1.24 bits per heavy atom. The van der Waals surface area contributed by atoms with Crippen LogP contribution in [0.2, 0.25) is 0 Å². The SMILES string of the molecule is CCN(C(=O)C(=O)NC(C)C1CC2CCC1C2)C(C)(C)C. The topological polar surface area (TPSA) is 49.4 Å². The molecule has 2 amide bonds. The summed E-state index contributed by atoms with van der Waals surface area (Å²) in [6.07, 6.45) is 5.19. The zero-order valence-electron chi connectivity index (χ0n) is 14.1. The summed E-state index contributed by atoms with van der Waals surface area (Å²) >= 11 is 0. The van der Waals surface area contributed by atoms with E-state index in [1.807, 2.05) is 27.7 Å². The molecule has 2 saturated carbocycles. The highest BCUT2D eigenvalue weighted by molar-refractivity contribution is 6.35. The van der Waals surface area contributed by atoms with Crippen LogP contribution in [0.3, 0.4) is 0 Å². The highest BCUT2D eigenvalue weighted by atomic mass is 16.2. The van der Waals surface area contributed by atoms with Crippen molar-refractivity contribution in [2.45, 2.75) is 71.9 Å². The summed E-state index contributed by atoms with van der Waals surface area (Å²) in [4.78, 5) is 26.2. The molecule has 4 heteroatoms. The van der Waals surface area contributed by atoms with E-state index in [1.165, 1.54) is 25.7 Å². The number of carbonyl (C=O) groups excluding carboxylic acids is 2. The lowest BCUT2D eigenvalue weighted by molar-refractivity contribution is -0.149. The highest BCUT2D eigenvalue weighted by Crippen LogP contribution is 2.49. The van der Waals surface area contributed by atoms with Crippen molar-refractivity contribution in [2.24, 2.45) is 17.8 Å². The highest BCUT2D eigenvalue weighted by Gasteiger charge is 2.42. The smallest absolute Gasteiger partial charge is 0.312 e. The van der Waals surface area contributed by atoms with Gasteiger partial charge in [0.05, 0.1) is 0 Å². The van der Waals surface area contributed by atoms with Crippen LogP contribution in [-0.4, -0.2) is 34.8 Å². The van der Waals surface area contributed by atoms with Crippen molar-refractivity contribution in [3.8, 4) is 0 Å². The molecule has 1 N–H and O–H groups in total. The molecule has 0 aromatic heterocycles. The fourth-order valence-electron chi connectivity index (χ4n) is 4.33. The van der Waals surface area contributed by atoms with Gasteiger partial charge in [0.2, 0.25) is 0 Å². The number of hydrogen-bond acceptors (Lipinski definition) is 2. The van der Waals surface area contributed by atoms with E-state index in [2.05, 4.69) is 12.2 Å². The zero-order valence-corrected chi connectivity index (χ0v) is 14.1. The number of hydrogen-bond donors (Lipinski definition) is 1. The number of nitrogens with zero attached hydrogens (tertiary/aromatic N) is 1. The Balaban J connectivity index is 1.93. The number of carbonyl (C=O) groups is 2. The minimum Gasteiger partial charge on any atom is -0.345 e. The minimum absolute atomic E-state index is 0.107. The Bertz CT molecular complexity index is 414. The molecular formula is C17H30N2O2. The van der Waals surface area contributed by atoms with Gasteiger partial charge < -0.3 is 10.2 Å². The quantitative estimate of drug-likeness (QED) is 0.813. The van der Waals surface area contributed by atoms with Crippen molar-refractivity contribution in [3.05, 3.63) is 0 Å². The number of likely N-dealkylation sites (N-methyl/N-ethyl adjacent to an activating group) is 1. The van der Waals surface area contributed by atoms with Gasteiger partial charge in [-0.3, -0.25) is 9.59 Å². The Morgan fingerprint density at radius 2 is 1.90 bits per heavy atom. The lowest BCUT2D eigenvalue weighted by Crippen LogP contribution is -2.53. The molecule has 0 heterocycles. The van der Waals surface area contributed by atoms with Gasteiger partial charge in [0.25, 0.3) is 0 Å². The van der Waals surface area contributed by atoms with Crippen LogP contribution in [0, 0.1) is 17.8 Å². The summed E-state index contributed by atoms with van der Waals surface area (Å²) in [7, 11) is 0. The number of rotatable bonds is 3. The van der Waals surface area contributed by atoms with Crippen molar-refractivity contribution >= 4 is 11.8 Å². The van der Waals surface area contributed by atoms with E-state index >= 15 is 0 Å². The second-order valence-electron chi connectivity index (χ2n) is 7.82. The van der Waals surface area contributed by atoms with Crippen LogP contribution in [0.5, 0.6) is 0 Å². The summed E-state index contributed by atoms with van der Waals surface area (Å²) in [6.45, 7) is 10.4. The van der Waals surface area contributed by atoms with Crippen molar-refractivity contribution in [1.29, 1.82) is 0 Å². The number of fused-ring (bicyclic) bond motifs is 2. The van der Waals surface area contributed by atoms with Gasteiger partial charge in [-0.2, -0.15) is 0 Å².